The molecule has 3 aromatic rings. The van der Waals surface area contributed by atoms with Crippen LogP contribution >= 0.6 is 0 Å². The molecule has 0 unspecified atom stereocenters. The summed E-state index contributed by atoms with van der Waals surface area (Å²) in [7, 11) is 1.80. The third-order valence-corrected chi connectivity index (χ3v) is 4.15. The van der Waals surface area contributed by atoms with Crippen LogP contribution in [0.5, 0.6) is 0 Å². The number of aliphatic carboxylic acids is 2. The van der Waals surface area contributed by atoms with E-state index in [9.17, 15) is 31.1 Å². The first-order valence-electron chi connectivity index (χ1n) is 9.77. The molecule has 0 aliphatic carbocycles. The summed E-state index contributed by atoms with van der Waals surface area (Å²) >= 11 is 0. The van der Waals surface area contributed by atoms with Gasteiger partial charge in [0, 0.05) is 31.9 Å². The predicted molar refractivity (Wildman–Crippen MR) is 112 cm³/mol. The highest BCUT2D eigenvalue weighted by molar-refractivity contribution is 5.77. The van der Waals surface area contributed by atoms with Gasteiger partial charge < -0.3 is 24.7 Å². The van der Waals surface area contributed by atoms with E-state index in [1.165, 1.54) is 0 Å². The number of imidazole rings is 2. The number of fused-ring (bicyclic) bond motifs is 1. The molecule has 36 heavy (non-hydrogen) atoms. The molecular weight excluding hydrogens is 504 g/mol. The van der Waals surface area contributed by atoms with Gasteiger partial charge in [0.2, 0.25) is 5.91 Å². The molecule has 2 heterocycles. The normalized spacial score (nSPS) is 11.1. The Labute approximate surface area is 199 Å². The average Bonchev–Trinajstić information content (AvgIpc) is 3.37. The maximum atomic E-state index is 12.2. The predicted octanol–water partition coefficient (Wildman–Crippen LogP) is 3.38. The topological polar surface area (TPSA) is 141 Å². The van der Waals surface area contributed by atoms with E-state index in [0.29, 0.717) is 19.5 Å². The molecule has 0 radical (unpaired) electrons. The van der Waals surface area contributed by atoms with Crippen LogP contribution in [-0.4, -0.2) is 71.9 Å². The highest BCUT2D eigenvalue weighted by Crippen LogP contribution is 2.14. The minimum absolute atomic E-state index is 0.0897. The number of hydrogen-bond donors (Lipinski definition) is 3. The van der Waals surface area contributed by atoms with Crippen LogP contribution in [0.15, 0.2) is 36.8 Å². The zero-order chi connectivity index (χ0) is 27.7. The van der Waals surface area contributed by atoms with Crippen molar-refractivity contribution in [2.24, 2.45) is 0 Å². The summed E-state index contributed by atoms with van der Waals surface area (Å²) in [5.74, 6) is -4.62. The highest BCUT2D eigenvalue weighted by atomic mass is 19.4. The Balaban J connectivity index is 0.000000383. The Morgan fingerprint density at radius 1 is 1.00 bits per heavy atom. The van der Waals surface area contributed by atoms with Crippen molar-refractivity contribution in [2.45, 2.75) is 38.8 Å². The minimum Gasteiger partial charge on any atom is -0.475 e. The number of carboxylic acids is 2. The summed E-state index contributed by atoms with van der Waals surface area (Å²) in [6.07, 6.45) is -6.17. The maximum Gasteiger partial charge on any atom is 0.490 e. The van der Waals surface area contributed by atoms with Crippen LogP contribution in [0.25, 0.3) is 11.0 Å². The van der Waals surface area contributed by atoms with Gasteiger partial charge in [-0.05, 0) is 19.1 Å². The second-order valence-corrected chi connectivity index (χ2v) is 7.05. The third kappa shape index (κ3) is 10.0. The lowest BCUT2D eigenvalue weighted by Gasteiger charge is -2.16. The first-order valence-corrected chi connectivity index (χ1v) is 9.77. The number of benzene rings is 1. The van der Waals surface area contributed by atoms with E-state index in [0.717, 1.165) is 22.6 Å². The Bertz CT molecular complexity index is 1150. The van der Waals surface area contributed by atoms with Crippen molar-refractivity contribution < 1.29 is 50.9 Å². The SMILES string of the molecule is Cc1cnc(CN(C)C(=O)CCn2cnc3ccccc32)[nH]1.O=C(O)C(F)(F)F.O=C(O)C(F)(F)F. The number of alkyl halides is 6. The molecule has 0 aliphatic rings. The number of hydrogen-bond acceptors (Lipinski definition) is 5. The molecule has 0 bridgehead atoms. The van der Waals surface area contributed by atoms with Crippen LogP contribution in [-0.2, 0) is 27.5 Å². The molecule has 1 amide bonds. The van der Waals surface area contributed by atoms with E-state index in [-0.39, 0.29) is 5.91 Å². The van der Waals surface area contributed by atoms with Crippen molar-refractivity contribution in [1.82, 2.24) is 24.4 Å². The van der Waals surface area contributed by atoms with Gasteiger partial charge in [-0.15, -0.1) is 0 Å². The number of nitrogens with one attached hydrogen (secondary N) is 1. The lowest BCUT2D eigenvalue weighted by atomic mass is 10.3. The van der Waals surface area contributed by atoms with Crippen molar-refractivity contribution in [3.8, 4) is 0 Å². The number of para-hydroxylation sites is 2. The molecule has 16 heteroatoms. The van der Waals surface area contributed by atoms with Gasteiger partial charge in [0.15, 0.2) is 0 Å². The minimum atomic E-state index is -5.08. The number of halogens is 6. The van der Waals surface area contributed by atoms with Crippen molar-refractivity contribution in [1.29, 1.82) is 0 Å². The third-order valence-electron chi connectivity index (χ3n) is 4.15. The number of nitrogens with zero attached hydrogens (tertiary/aromatic N) is 4. The van der Waals surface area contributed by atoms with Gasteiger partial charge in [-0.3, -0.25) is 4.79 Å². The van der Waals surface area contributed by atoms with E-state index in [4.69, 9.17) is 19.8 Å². The van der Waals surface area contributed by atoms with E-state index in [2.05, 4.69) is 15.0 Å². The quantitative estimate of drug-likeness (QED) is 0.434. The Morgan fingerprint density at radius 3 is 2.00 bits per heavy atom. The Hall–Kier alpha value is -4.11. The Kier molecular flexibility index (Phi) is 10.4. The molecule has 10 nitrogen and oxygen atoms in total. The fraction of sp³-hybridized carbons (Fsp3) is 0.350. The summed E-state index contributed by atoms with van der Waals surface area (Å²) in [5.41, 5.74) is 3.01. The zero-order valence-corrected chi connectivity index (χ0v) is 18.8. The van der Waals surface area contributed by atoms with E-state index in [1.807, 2.05) is 35.8 Å². The summed E-state index contributed by atoms with van der Waals surface area (Å²) in [6.45, 7) is 3.07. The molecule has 0 saturated heterocycles. The van der Waals surface area contributed by atoms with Crippen LogP contribution < -0.4 is 0 Å². The first-order chi connectivity index (χ1) is 16.5. The molecule has 3 N–H and O–H groups in total. The second kappa shape index (κ2) is 12.6. The summed E-state index contributed by atoms with van der Waals surface area (Å²) in [6, 6.07) is 7.93. The number of carbonyl (C=O) groups excluding carboxylic acids is 1. The van der Waals surface area contributed by atoms with Gasteiger partial charge in [-0.25, -0.2) is 19.6 Å². The summed E-state index contributed by atoms with van der Waals surface area (Å²) < 4.78 is 65.5. The molecule has 0 saturated carbocycles. The van der Waals surface area contributed by atoms with E-state index < -0.39 is 24.3 Å². The smallest absolute Gasteiger partial charge is 0.475 e. The molecule has 2 aromatic heterocycles. The van der Waals surface area contributed by atoms with Gasteiger partial charge >= 0.3 is 24.3 Å². The molecule has 1 aromatic carbocycles. The van der Waals surface area contributed by atoms with Crippen LogP contribution in [0.2, 0.25) is 0 Å². The number of H-pyrrole nitrogens is 1. The first kappa shape index (κ1) is 29.9. The summed E-state index contributed by atoms with van der Waals surface area (Å²) in [5, 5.41) is 14.2. The van der Waals surface area contributed by atoms with Crippen molar-refractivity contribution >= 4 is 28.9 Å². The number of aromatic amines is 1. The molecule has 198 valence electrons. The molecule has 3 rings (SSSR count). The maximum absolute atomic E-state index is 12.2. The largest absolute Gasteiger partial charge is 0.490 e. The molecule has 0 spiro atoms. The van der Waals surface area contributed by atoms with Gasteiger partial charge in [0.05, 0.1) is 23.9 Å². The van der Waals surface area contributed by atoms with Gasteiger partial charge in [-0.2, -0.15) is 26.3 Å². The van der Waals surface area contributed by atoms with Gasteiger partial charge in [0.1, 0.15) is 5.82 Å². The zero-order valence-electron chi connectivity index (χ0n) is 18.8. The lowest BCUT2D eigenvalue weighted by molar-refractivity contribution is -0.193. The van der Waals surface area contributed by atoms with E-state index >= 15 is 0 Å². The fourth-order valence-corrected chi connectivity index (χ4v) is 2.46. The molecule has 0 atom stereocenters. The van der Waals surface area contributed by atoms with Crippen LogP contribution in [0, 0.1) is 6.92 Å². The number of aromatic nitrogens is 4. The van der Waals surface area contributed by atoms with Crippen molar-refractivity contribution in [2.75, 3.05) is 7.05 Å². The Morgan fingerprint density at radius 2 is 1.53 bits per heavy atom. The molecular formula is C20H21F6N5O5. The monoisotopic (exact) mass is 525 g/mol. The average molecular weight is 525 g/mol. The number of aryl methyl sites for hydroxylation is 2. The van der Waals surface area contributed by atoms with Gasteiger partial charge in [0.25, 0.3) is 0 Å². The van der Waals surface area contributed by atoms with E-state index in [1.54, 1.807) is 24.5 Å². The fourth-order valence-electron chi connectivity index (χ4n) is 2.46. The second-order valence-electron chi connectivity index (χ2n) is 7.05. The molecule has 0 aliphatic heterocycles. The van der Waals surface area contributed by atoms with Crippen LogP contribution in [0.3, 0.4) is 0 Å². The number of carbonyl (C=O) groups is 3. The lowest BCUT2D eigenvalue weighted by Crippen LogP contribution is -2.27. The summed E-state index contributed by atoms with van der Waals surface area (Å²) in [4.78, 5) is 43.4. The van der Waals surface area contributed by atoms with Gasteiger partial charge in [-0.1, -0.05) is 12.1 Å². The number of amides is 1. The number of carboxylic acid groups (broad SMARTS) is 2. The standard InChI is InChI=1S/C16H19N5O.2C2HF3O2/c1-12-9-17-15(19-12)10-20(2)16(22)7-8-21-11-18-13-5-3-4-6-14(13)21;2*3-2(4,5)1(6)7/h3-6,9,11H,7-8,10H2,1-2H3,(H,17,19);2*(H,6,7). The highest BCUT2D eigenvalue weighted by Gasteiger charge is 2.38. The van der Waals surface area contributed by atoms with Crippen molar-refractivity contribution in [3.05, 3.63) is 48.3 Å². The number of rotatable bonds is 5. The van der Waals surface area contributed by atoms with Crippen molar-refractivity contribution in [3.63, 3.8) is 0 Å². The van der Waals surface area contributed by atoms with Crippen LogP contribution in [0.1, 0.15) is 17.9 Å². The van der Waals surface area contributed by atoms with Crippen LogP contribution in [0.4, 0.5) is 26.3 Å². The molecule has 0 fully saturated rings.